The number of aryl methyl sites for hydroxylation is 1. The van der Waals surface area contributed by atoms with Gasteiger partial charge in [0.1, 0.15) is 11.5 Å². The van der Waals surface area contributed by atoms with E-state index in [4.69, 9.17) is 25.0 Å². The van der Waals surface area contributed by atoms with E-state index in [-0.39, 0.29) is 45.1 Å². The molecule has 1 saturated carbocycles. The first-order valence-electron chi connectivity index (χ1n) is 19.0. The van der Waals surface area contributed by atoms with Gasteiger partial charge in [-0.15, -0.1) is 0 Å². The smallest absolute Gasteiger partial charge is 0.503 e. The Balaban J connectivity index is 0.00000144. The van der Waals surface area contributed by atoms with Crippen molar-refractivity contribution in [2.45, 2.75) is 129 Å². The number of benzene rings is 2. The van der Waals surface area contributed by atoms with Crippen molar-refractivity contribution in [3.8, 4) is 11.5 Å². The molecule has 53 heavy (non-hydrogen) atoms. The summed E-state index contributed by atoms with van der Waals surface area (Å²) in [6.07, 6.45) is 8.08. The maximum Gasteiger partial charge on any atom is 0.503 e. The van der Waals surface area contributed by atoms with Crippen molar-refractivity contribution >= 4 is 24.5 Å². The first-order chi connectivity index (χ1) is 24.2. The maximum atomic E-state index is 11.5. The van der Waals surface area contributed by atoms with Crippen LogP contribution in [0.25, 0.3) is 0 Å². The normalized spacial score (nSPS) is 19.4. The molecule has 0 bridgehead atoms. The van der Waals surface area contributed by atoms with Gasteiger partial charge in [0, 0.05) is 58.7 Å². The van der Waals surface area contributed by atoms with Crippen molar-refractivity contribution in [3.63, 3.8) is 0 Å². The average Bonchev–Trinajstić information content (AvgIpc) is 3.01. The van der Waals surface area contributed by atoms with E-state index in [0.29, 0.717) is 11.5 Å². The summed E-state index contributed by atoms with van der Waals surface area (Å²) < 4.78 is 2.42. The number of carboxylic acid groups (broad SMARTS) is 2. The van der Waals surface area contributed by atoms with Crippen molar-refractivity contribution in [1.29, 1.82) is 0 Å². The molecule has 2 aromatic carbocycles. The molecule has 1 saturated heterocycles. The van der Waals surface area contributed by atoms with E-state index in [9.17, 15) is 10.2 Å². The molecule has 1 aliphatic carbocycles. The van der Waals surface area contributed by atoms with Crippen molar-refractivity contribution in [2.75, 3.05) is 39.8 Å². The number of hydrogen-bond acceptors (Lipinski definition) is 7. The molecule has 0 spiro atoms. The van der Waals surface area contributed by atoms with Gasteiger partial charge in [-0.1, -0.05) is 74.4 Å². The molecule has 2 unspecified atom stereocenters. The first kappa shape index (κ1) is 43.8. The van der Waals surface area contributed by atoms with E-state index >= 15 is 0 Å². The van der Waals surface area contributed by atoms with E-state index in [1.54, 1.807) is 0 Å². The number of carbonyl (C=O) groups is 1. The predicted octanol–water partition coefficient (Wildman–Crippen LogP) is 7.62. The Hall–Kier alpha value is -3.57. The molecule has 2 fully saturated rings. The van der Waals surface area contributed by atoms with Gasteiger partial charge in [-0.2, -0.15) is 0 Å². The second-order valence-electron chi connectivity index (χ2n) is 17.8. The number of phenolic OH excluding ortho intramolecular Hbond substituents is 2. The Kier molecular flexibility index (Phi) is 14.6. The van der Waals surface area contributed by atoms with Crippen LogP contribution in [0.1, 0.15) is 128 Å². The van der Waals surface area contributed by atoms with Crippen molar-refractivity contribution < 1.29 is 46.6 Å². The van der Waals surface area contributed by atoms with Crippen LogP contribution in [0.2, 0.25) is 0 Å². The van der Waals surface area contributed by atoms with Gasteiger partial charge in [0.15, 0.2) is 0 Å². The molecule has 2 atom stereocenters. The molecule has 2 heterocycles. The fourth-order valence-electron chi connectivity index (χ4n) is 7.18. The molecule has 0 amide bonds. The monoisotopic (exact) mass is 777 g/mol. The van der Waals surface area contributed by atoms with Crippen LogP contribution < -0.4 is 0 Å². The third-order valence-electron chi connectivity index (χ3n) is 10.5. The van der Waals surface area contributed by atoms with Gasteiger partial charge < -0.3 is 20.4 Å². The molecule has 10 nitrogen and oxygen atoms in total. The van der Waals surface area contributed by atoms with Gasteiger partial charge in [0.25, 0.3) is 0 Å². The Morgan fingerprint density at radius 1 is 0.792 bits per heavy atom. The second kappa shape index (κ2) is 17.7. The van der Waals surface area contributed by atoms with Crippen LogP contribution >= 0.6 is 0 Å². The van der Waals surface area contributed by atoms with Gasteiger partial charge in [0.05, 0.1) is 51.9 Å². The molecule has 3 aliphatic rings. The molecule has 0 aromatic heterocycles. The minimum absolute atomic E-state index is 0. The van der Waals surface area contributed by atoms with Crippen LogP contribution in [0, 0.1) is 0 Å². The van der Waals surface area contributed by atoms with Crippen LogP contribution in [0.3, 0.4) is 0 Å². The molecule has 295 valence electrons. The summed E-state index contributed by atoms with van der Waals surface area (Å²) in [5.41, 5.74) is 5.66. The van der Waals surface area contributed by atoms with Gasteiger partial charge >= 0.3 is 12.1 Å². The topological polar surface area (TPSA) is 132 Å². The molecule has 5 rings (SSSR count). The van der Waals surface area contributed by atoms with Crippen LogP contribution in [-0.4, -0.2) is 111 Å². The summed E-state index contributed by atoms with van der Waals surface area (Å²) in [6, 6.07) is 8.66. The number of fused-ring (bicyclic) bond motifs is 1. The number of hydrogen-bond donors (Lipinski definition) is 4. The van der Waals surface area contributed by atoms with Crippen LogP contribution in [0.4, 0.5) is 4.79 Å². The number of nitrogens with zero attached hydrogens (tertiary/aromatic N) is 5. The summed E-state index contributed by atoms with van der Waals surface area (Å²) >= 11 is 0. The van der Waals surface area contributed by atoms with E-state index in [1.807, 2.05) is 12.4 Å². The molecule has 11 heteroatoms. The zero-order valence-corrected chi connectivity index (χ0v) is 34.7. The van der Waals surface area contributed by atoms with Crippen LogP contribution in [0.15, 0.2) is 34.3 Å². The van der Waals surface area contributed by atoms with Crippen molar-refractivity contribution in [3.05, 3.63) is 57.6 Å². The Morgan fingerprint density at radius 3 is 1.81 bits per heavy atom. The van der Waals surface area contributed by atoms with E-state index < -0.39 is 6.16 Å². The third kappa shape index (κ3) is 11.5. The van der Waals surface area contributed by atoms with Gasteiger partial charge in [-0.25, -0.2) is 4.79 Å². The number of guanidine groups is 1. The zero-order chi connectivity index (χ0) is 38.6. The molecular weight excluding hydrogens is 713 g/mol. The van der Waals surface area contributed by atoms with Crippen molar-refractivity contribution in [1.82, 2.24) is 9.80 Å². The quantitative estimate of drug-likeness (QED) is 0.160. The molecule has 2 aromatic rings. The largest absolute Gasteiger partial charge is 0.507 e. The van der Waals surface area contributed by atoms with Gasteiger partial charge in [-0.05, 0) is 70.8 Å². The number of aromatic hydroxyl groups is 2. The van der Waals surface area contributed by atoms with Crippen LogP contribution in [0.5, 0.6) is 11.5 Å². The van der Waals surface area contributed by atoms with Gasteiger partial charge in [-0.3, -0.25) is 24.4 Å². The summed E-state index contributed by atoms with van der Waals surface area (Å²) in [5.74, 6) is 2.06. The SMILES string of the molecule is C[N+]1=C2N(CCCc3cc(C(C)(C)C)cc(C=NC4CCC4N=Cc4cc(C(C)(C)C)cc(C(C)(C)C)c4O)c3O)CCCN2CCC1.O=C(O)O.[Co]. The summed E-state index contributed by atoms with van der Waals surface area (Å²) in [4.78, 5) is 23.6. The fourth-order valence-corrected chi connectivity index (χ4v) is 7.18. The molecule has 2 aliphatic heterocycles. The van der Waals surface area contributed by atoms with E-state index in [2.05, 4.69) is 108 Å². The summed E-state index contributed by atoms with van der Waals surface area (Å²) in [5, 5.41) is 36.7. The Morgan fingerprint density at radius 2 is 1.30 bits per heavy atom. The average molecular weight is 778 g/mol. The molecule has 1 radical (unpaired) electrons. The first-order valence-corrected chi connectivity index (χ1v) is 19.0. The fraction of sp³-hybridized carbons (Fsp3) is 0.619. The minimum Gasteiger partial charge on any atom is -0.507 e. The van der Waals surface area contributed by atoms with Crippen molar-refractivity contribution in [2.24, 2.45) is 9.98 Å². The van der Waals surface area contributed by atoms with Crippen LogP contribution in [-0.2, 0) is 39.4 Å². The number of rotatable bonds is 8. The predicted molar refractivity (Wildman–Crippen MR) is 212 cm³/mol. The third-order valence-corrected chi connectivity index (χ3v) is 10.5. The van der Waals surface area contributed by atoms with E-state index in [0.717, 1.165) is 80.7 Å². The number of aliphatic imine (C=N–C) groups is 2. The molecule has 4 N–H and O–H groups in total. The van der Waals surface area contributed by atoms with Gasteiger partial charge in [0.2, 0.25) is 0 Å². The van der Waals surface area contributed by atoms with E-state index in [1.165, 1.54) is 29.9 Å². The Bertz CT molecular complexity index is 1680. The second-order valence-corrected chi connectivity index (χ2v) is 17.8. The summed E-state index contributed by atoms with van der Waals surface area (Å²) in [7, 11) is 2.22. The molecular formula is C42H64CoN5O5+. The number of phenols is 2. The standard InChI is InChI=1S/C41H61N5O2.CH2O3.Co/c1-39(2,3)31-22-28(14-11-18-45-20-13-21-46-19-12-17-44(10)38(45)46)36(47)29(23-31)26-42-34-15-16-35(34)43-27-30-24-32(40(4,5)6)25-33(37(30)48)41(7,8)9;2-1(3)4;/h22-27,34-35H,11-21H2,1-10H3,(H-,42,43,47,48);(H2,2,3,4);/p+1. The maximum absolute atomic E-state index is 11.5. The Labute approximate surface area is 327 Å². The minimum atomic E-state index is -1.83. The summed E-state index contributed by atoms with van der Waals surface area (Å²) in [6.45, 7) is 25.2. The zero-order valence-electron chi connectivity index (χ0n) is 33.7.